The molecule has 1 aliphatic heterocycles. The molecule has 1 N–H and O–H groups in total. The van der Waals surface area contributed by atoms with Crippen molar-refractivity contribution >= 4 is 35.1 Å². The fraction of sp³-hybridized carbons (Fsp3) is 0.188. The lowest BCUT2D eigenvalue weighted by Gasteiger charge is -2.12. The predicted molar refractivity (Wildman–Crippen MR) is 94.7 cm³/mol. The van der Waals surface area contributed by atoms with Gasteiger partial charge in [0.2, 0.25) is 5.91 Å². The summed E-state index contributed by atoms with van der Waals surface area (Å²) in [6.45, 7) is 0. The summed E-state index contributed by atoms with van der Waals surface area (Å²) in [6.07, 6.45) is 5.31. The van der Waals surface area contributed by atoms with E-state index in [0.717, 1.165) is 11.1 Å². The first kappa shape index (κ1) is 16.2. The zero-order valence-electron chi connectivity index (χ0n) is 13.1. The number of nitrogens with one attached hydrogen (secondary N) is 1. The van der Waals surface area contributed by atoms with Gasteiger partial charge in [0.05, 0.1) is 23.4 Å². The second-order valence-corrected chi connectivity index (χ2v) is 7.17. The van der Waals surface area contributed by atoms with Crippen molar-refractivity contribution in [3.8, 4) is 5.69 Å². The van der Waals surface area contributed by atoms with Crippen molar-refractivity contribution < 1.29 is 9.18 Å². The number of benzene rings is 1. The number of nitrogens with zero attached hydrogens (tertiary/aromatic N) is 4. The second kappa shape index (κ2) is 6.20. The number of halogens is 2. The molecule has 0 spiro atoms. The molecule has 1 atom stereocenters. The van der Waals surface area contributed by atoms with Gasteiger partial charge in [0, 0.05) is 29.4 Å². The molecule has 1 amide bonds. The molecule has 2 aromatic heterocycles. The number of rotatable bonds is 2. The number of aryl methyl sites for hydroxylation is 1. The molecular formula is C16H13ClFN5OS. The van der Waals surface area contributed by atoms with Crippen molar-refractivity contribution in [3.63, 3.8) is 0 Å². The number of fused-ring (bicyclic) bond motifs is 1. The van der Waals surface area contributed by atoms with Gasteiger partial charge >= 0.3 is 0 Å². The van der Waals surface area contributed by atoms with Crippen LogP contribution >= 0.6 is 23.4 Å². The summed E-state index contributed by atoms with van der Waals surface area (Å²) in [5, 5.41) is 11.5. The van der Waals surface area contributed by atoms with Gasteiger partial charge in [0.25, 0.3) is 0 Å². The SMILES string of the molecule is Cn1cc([C@H]2SCC(=O)Nc3c2cnn3-c2ccc(Cl)cc2F)cn1. The Morgan fingerprint density at radius 2 is 2.20 bits per heavy atom. The summed E-state index contributed by atoms with van der Waals surface area (Å²) >= 11 is 7.31. The zero-order chi connectivity index (χ0) is 17.6. The number of carbonyl (C=O) groups is 1. The molecule has 4 rings (SSSR count). The van der Waals surface area contributed by atoms with Crippen LogP contribution in [0.1, 0.15) is 16.4 Å². The molecule has 128 valence electrons. The highest BCUT2D eigenvalue weighted by molar-refractivity contribution is 8.00. The summed E-state index contributed by atoms with van der Waals surface area (Å²) in [4.78, 5) is 12.1. The van der Waals surface area contributed by atoms with E-state index >= 15 is 0 Å². The Labute approximate surface area is 152 Å². The van der Waals surface area contributed by atoms with Gasteiger partial charge in [-0.05, 0) is 18.2 Å². The Hall–Kier alpha value is -2.32. The van der Waals surface area contributed by atoms with Crippen LogP contribution in [0.3, 0.4) is 0 Å². The molecular weight excluding hydrogens is 365 g/mol. The molecule has 25 heavy (non-hydrogen) atoms. The largest absolute Gasteiger partial charge is 0.310 e. The highest BCUT2D eigenvalue weighted by Crippen LogP contribution is 2.42. The van der Waals surface area contributed by atoms with Crippen LogP contribution in [0.25, 0.3) is 5.69 Å². The van der Waals surface area contributed by atoms with E-state index in [0.29, 0.717) is 10.8 Å². The first-order valence-corrected chi connectivity index (χ1v) is 8.89. The van der Waals surface area contributed by atoms with Gasteiger partial charge in [0.1, 0.15) is 17.3 Å². The van der Waals surface area contributed by atoms with E-state index in [1.54, 1.807) is 23.1 Å². The topological polar surface area (TPSA) is 64.7 Å². The summed E-state index contributed by atoms with van der Waals surface area (Å²) in [6, 6.07) is 4.34. The highest BCUT2D eigenvalue weighted by Gasteiger charge is 2.29. The third-order valence-corrected chi connectivity index (χ3v) is 5.41. The minimum absolute atomic E-state index is 0.119. The summed E-state index contributed by atoms with van der Waals surface area (Å²) in [5.41, 5.74) is 1.99. The van der Waals surface area contributed by atoms with Crippen LogP contribution < -0.4 is 5.32 Å². The molecule has 6 nitrogen and oxygen atoms in total. The third-order valence-electron chi connectivity index (χ3n) is 3.88. The van der Waals surface area contributed by atoms with Crippen molar-refractivity contribution in [2.24, 2.45) is 7.05 Å². The van der Waals surface area contributed by atoms with E-state index in [1.807, 2.05) is 13.2 Å². The number of amides is 1. The Morgan fingerprint density at radius 3 is 2.92 bits per heavy atom. The lowest BCUT2D eigenvalue weighted by molar-refractivity contribution is -0.113. The Bertz CT molecular complexity index is 969. The fourth-order valence-corrected chi connectivity index (χ4v) is 4.00. The number of hydrogen-bond donors (Lipinski definition) is 1. The predicted octanol–water partition coefficient (Wildman–Crippen LogP) is 3.17. The molecule has 1 aromatic carbocycles. The standard InChI is InChI=1S/C16H13ClFN5OS/c1-22-7-9(5-19-22)15-11-6-20-23(16(11)21-14(24)8-25-15)13-3-2-10(17)4-12(13)18/h2-7,15H,8H2,1H3,(H,21,24)/t15-/m1/s1. The van der Waals surface area contributed by atoms with E-state index in [9.17, 15) is 9.18 Å². The van der Waals surface area contributed by atoms with Crippen LogP contribution in [-0.4, -0.2) is 31.2 Å². The number of anilines is 1. The molecule has 0 unspecified atom stereocenters. The van der Waals surface area contributed by atoms with E-state index < -0.39 is 5.82 Å². The van der Waals surface area contributed by atoms with Crippen LogP contribution in [0.5, 0.6) is 0 Å². The van der Waals surface area contributed by atoms with Gasteiger partial charge in [-0.2, -0.15) is 10.2 Å². The van der Waals surface area contributed by atoms with Crippen molar-refractivity contribution in [1.82, 2.24) is 19.6 Å². The highest BCUT2D eigenvalue weighted by atomic mass is 35.5. The van der Waals surface area contributed by atoms with Crippen molar-refractivity contribution in [1.29, 1.82) is 0 Å². The molecule has 0 saturated heterocycles. The van der Waals surface area contributed by atoms with E-state index in [2.05, 4.69) is 15.5 Å². The average molecular weight is 378 g/mol. The van der Waals surface area contributed by atoms with Crippen molar-refractivity contribution in [2.45, 2.75) is 5.25 Å². The van der Waals surface area contributed by atoms with Gasteiger partial charge in [0.15, 0.2) is 0 Å². The quantitative estimate of drug-likeness (QED) is 0.745. The first-order valence-electron chi connectivity index (χ1n) is 7.46. The molecule has 3 heterocycles. The van der Waals surface area contributed by atoms with E-state index in [1.165, 1.54) is 28.6 Å². The number of aromatic nitrogens is 4. The maximum Gasteiger partial charge on any atom is 0.235 e. The normalized spacial score (nSPS) is 17.1. The third kappa shape index (κ3) is 2.91. The van der Waals surface area contributed by atoms with Crippen LogP contribution in [0.2, 0.25) is 5.02 Å². The van der Waals surface area contributed by atoms with Gasteiger partial charge in [-0.25, -0.2) is 9.07 Å². The fourth-order valence-electron chi connectivity index (χ4n) is 2.78. The maximum atomic E-state index is 14.3. The van der Waals surface area contributed by atoms with Crippen molar-refractivity contribution in [3.05, 3.63) is 58.8 Å². The molecule has 1 aliphatic rings. The minimum atomic E-state index is -0.512. The summed E-state index contributed by atoms with van der Waals surface area (Å²) in [5.74, 6) is 0.0819. The van der Waals surface area contributed by atoms with Gasteiger partial charge < -0.3 is 5.32 Å². The first-order chi connectivity index (χ1) is 12.0. The molecule has 9 heteroatoms. The molecule has 0 bridgehead atoms. The monoisotopic (exact) mass is 377 g/mol. The molecule has 0 aliphatic carbocycles. The average Bonchev–Trinajstić information content (AvgIpc) is 3.12. The Morgan fingerprint density at radius 1 is 1.36 bits per heavy atom. The van der Waals surface area contributed by atoms with Gasteiger partial charge in [-0.15, -0.1) is 11.8 Å². The molecule has 0 fully saturated rings. The zero-order valence-corrected chi connectivity index (χ0v) is 14.7. The Kier molecular flexibility index (Phi) is 4.01. The van der Waals surface area contributed by atoms with Crippen LogP contribution in [0.15, 0.2) is 36.8 Å². The van der Waals surface area contributed by atoms with Crippen LogP contribution in [-0.2, 0) is 11.8 Å². The minimum Gasteiger partial charge on any atom is -0.310 e. The van der Waals surface area contributed by atoms with E-state index in [-0.39, 0.29) is 22.6 Å². The van der Waals surface area contributed by atoms with Gasteiger partial charge in [-0.1, -0.05) is 11.6 Å². The summed E-state index contributed by atoms with van der Waals surface area (Å²) < 4.78 is 17.4. The maximum absolute atomic E-state index is 14.3. The summed E-state index contributed by atoms with van der Waals surface area (Å²) in [7, 11) is 1.84. The van der Waals surface area contributed by atoms with Gasteiger partial charge in [-0.3, -0.25) is 9.48 Å². The number of hydrogen-bond acceptors (Lipinski definition) is 4. The lowest BCUT2D eigenvalue weighted by atomic mass is 10.1. The molecule has 3 aromatic rings. The number of carbonyl (C=O) groups excluding carboxylic acids is 1. The lowest BCUT2D eigenvalue weighted by Crippen LogP contribution is -2.16. The number of thioether (sulfide) groups is 1. The van der Waals surface area contributed by atoms with E-state index in [4.69, 9.17) is 11.6 Å². The van der Waals surface area contributed by atoms with Crippen LogP contribution in [0, 0.1) is 5.82 Å². The van der Waals surface area contributed by atoms with Crippen molar-refractivity contribution in [2.75, 3.05) is 11.1 Å². The molecule has 0 saturated carbocycles. The molecule has 0 radical (unpaired) electrons. The second-order valence-electron chi connectivity index (χ2n) is 5.64. The smallest absolute Gasteiger partial charge is 0.235 e. The Balaban J connectivity index is 1.85. The van der Waals surface area contributed by atoms with Crippen LogP contribution in [0.4, 0.5) is 10.2 Å².